The molecule has 0 fully saturated rings. The number of aromatic amines is 1. The van der Waals surface area contributed by atoms with Crippen molar-refractivity contribution in [3.8, 4) is 0 Å². The van der Waals surface area contributed by atoms with Crippen LogP contribution in [0.1, 0.15) is 56.0 Å². The van der Waals surface area contributed by atoms with Gasteiger partial charge in [0, 0.05) is 84.9 Å². The van der Waals surface area contributed by atoms with Crippen molar-refractivity contribution in [1.29, 1.82) is 0 Å². The van der Waals surface area contributed by atoms with Crippen molar-refractivity contribution < 1.29 is 29.1 Å². The first-order valence-electron chi connectivity index (χ1n) is 20.1. The van der Waals surface area contributed by atoms with Crippen LogP contribution < -0.4 is 27.0 Å². The topological polar surface area (TPSA) is 208 Å². The maximum Gasteiger partial charge on any atom is 0.243 e. The van der Waals surface area contributed by atoms with Crippen LogP contribution >= 0.6 is 23.5 Å². The summed E-state index contributed by atoms with van der Waals surface area (Å²) < 4.78 is 0. The molecule has 4 rings (SSSR count). The van der Waals surface area contributed by atoms with E-state index in [1.54, 1.807) is 18.0 Å². The number of hydrogen-bond donors (Lipinski definition) is 7. The van der Waals surface area contributed by atoms with Gasteiger partial charge in [0.15, 0.2) is 0 Å². The number of hydrogen-bond acceptors (Lipinski definition) is 11. The molecular formula is C44H57N7O6S5. The van der Waals surface area contributed by atoms with E-state index < -0.39 is 66.2 Å². The van der Waals surface area contributed by atoms with Crippen LogP contribution in [0.15, 0.2) is 104 Å². The van der Waals surface area contributed by atoms with Gasteiger partial charge in [-0.05, 0) is 29.0 Å². The summed E-state index contributed by atoms with van der Waals surface area (Å²) in [6, 6.07) is 24.9. The zero-order valence-corrected chi connectivity index (χ0v) is 39.2. The fourth-order valence-electron chi connectivity index (χ4n) is 6.19. The third-order valence-corrected chi connectivity index (χ3v) is 11.8. The van der Waals surface area contributed by atoms with Gasteiger partial charge in [-0.3, -0.25) is 24.0 Å². The molecule has 13 nitrogen and oxygen atoms in total. The van der Waals surface area contributed by atoms with Crippen LogP contribution in [0, 0.1) is 11.8 Å². The molecule has 6 atom stereocenters. The Morgan fingerprint density at radius 1 is 0.694 bits per heavy atom. The fourth-order valence-corrected chi connectivity index (χ4v) is 8.34. The van der Waals surface area contributed by atoms with Crippen LogP contribution in [0.4, 0.5) is 0 Å². The Balaban J connectivity index is 0.00000331. The fraction of sp³-hybridized carbons (Fsp3) is 0.409. The SMILES string of the molecule is CC(C)C[C@H](NC(=O)C[C@H](O)[C@H](CSCc1ccccc1)NC(=O)[C@H](Cc1cnc[nH]1)NC(=O)[C@@H](C)CSCc1ccccc1)C(=O)N[C@@H](Cc1ccccc1)C(N)=O.S=S=S. The number of imidazole rings is 1. The first-order valence-corrected chi connectivity index (χ1v) is 25.1. The minimum atomic E-state index is -1.36. The summed E-state index contributed by atoms with van der Waals surface area (Å²) in [5.41, 5.74) is 9.28. The normalized spacial score (nSPS) is 13.8. The molecule has 0 aliphatic carbocycles. The number of aliphatic hydroxyl groups is 1. The third-order valence-electron chi connectivity index (χ3n) is 9.44. The lowest BCUT2D eigenvalue weighted by molar-refractivity contribution is -0.133. The maximum absolute atomic E-state index is 14.1. The summed E-state index contributed by atoms with van der Waals surface area (Å²) in [5.74, 6) is -1.04. The van der Waals surface area contributed by atoms with E-state index in [4.69, 9.17) is 5.73 Å². The van der Waals surface area contributed by atoms with Gasteiger partial charge in [-0.15, -0.1) is 0 Å². The molecule has 0 radical (unpaired) electrons. The minimum Gasteiger partial charge on any atom is -0.390 e. The molecule has 1 heterocycles. The van der Waals surface area contributed by atoms with Crippen LogP contribution in [-0.2, 0) is 79.6 Å². The monoisotopic (exact) mass is 939 g/mol. The number of aliphatic hydroxyl groups excluding tert-OH is 1. The highest BCUT2D eigenvalue weighted by atomic mass is 33.1. The summed E-state index contributed by atoms with van der Waals surface area (Å²) in [5, 5.41) is 22.9. The third kappa shape index (κ3) is 20.2. The van der Waals surface area contributed by atoms with Crippen molar-refractivity contribution >= 4 is 84.3 Å². The second-order valence-corrected chi connectivity index (χ2v) is 18.9. The number of benzene rings is 3. The number of H-pyrrole nitrogens is 1. The van der Waals surface area contributed by atoms with Gasteiger partial charge in [0.2, 0.25) is 29.5 Å². The number of carbonyl (C=O) groups excluding carboxylic acids is 5. The van der Waals surface area contributed by atoms with E-state index in [0.717, 1.165) is 31.3 Å². The van der Waals surface area contributed by atoms with Crippen LogP contribution in [0.2, 0.25) is 0 Å². The summed E-state index contributed by atoms with van der Waals surface area (Å²) in [6.45, 7) is 5.61. The molecule has 3 aromatic carbocycles. The Kier molecular flexibility index (Phi) is 24.3. The molecule has 0 bridgehead atoms. The maximum atomic E-state index is 14.1. The number of nitrogens with one attached hydrogen (secondary N) is 5. The number of amides is 5. The molecule has 0 unspecified atom stereocenters. The standard InChI is InChI=1S/C44H57N7O6S2.S3/c1-29(2)19-36(43(56)49-35(41(45)54)20-31-13-7-4-8-14-31)48-40(53)22-39(52)38(27-59-26-33-17-11-6-12-18-33)51-44(57)37(21-34-23-46-28-47-34)50-42(55)30(3)24-58-25-32-15-9-5-10-16-32;1-3-2/h4-18,23,28-30,35-39,52H,19-22,24-27H2,1-3H3,(H2,45,54)(H,46,47)(H,48,53)(H,49,56)(H,50,55)(H,51,57);/t30-,35-,36-,37-,38-,39-;/m0./s1. The zero-order chi connectivity index (χ0) is 45.3. The highest BCUT2D eigenvalue weighted by Gasteiger charge is 2.32. The summed E-state index contributed by atoms with van der Waals surface area (Å²) in [6.07, 6.45) is 1.83. The second kappa shape index (κ2) is 29.0. The van der Waals surface area contributed by atoms with Crippen LogP contribution in [0.5, 0.6) is 0 Å². The molecule has 334 valence electrons. The van der Waals surface area contributed by atoms with Gasteiger partial charge < -0.3 is 37.1 Å². The molecule has 8 N–H and O–H groups in total. The minimum absolute atomic E-state index is 0.00858. The zero-order valence-electron chi connectivity index (χ0n) is 35.1. The van der Waals surface area contributed by atoms with Crippen molar-refractivity contribution in [2.24, 2.45) is 17.6 Å². The number of thioether (sulfide) groups is 2. The van der Waals surface area contributed by atoms with E-state index in [-0.39, 0.29) is 36.8 Å². The average molecular weight is 940 g/mol. The van der Waals surface area contributed by atoms with E-state index in [9.17, 15) is 29.1 Å². The van der Waals surface area contributed by atoms with Crippen molar-refractivity contribution in [3.63, 3.8) is 0 Å². The Morgan fingerprint density at radius 2 is 1.21 bits per heavy atom. The molecule has 0 saturated carbocycles. The lowest BCUT2D eigenvalue weighted by Gasteiger charge is -2.28. The second-order valence-electron chi connectivity index (χ2n) is 15.1. The summed E-state index contributed by atoms with van der Waals surface area (Å²) >= 11 is 11.3. The first kappa shape index (κ1) is 51.9. The van der Waals surface area contributed by atoms with Gasteiger partial charge in [-0.2, -0.15) is 23.5 Å². The Bertz CT molecular complexity index is 1990. The molecular weight excluding hydrogens is 883 g/mol. The first-order chi connectivity index (χ1) is 29.8. The van der Waals surface area contributed by atoms with Gasteiger partial charge in [-0.1, -0.05) is 112 Å². The molecule has 0 saturated heterocycles. The number of nitrogens with two attached hydrogens (primary N) is 1. The Hall–Kier alpha value is -4.46. The molecule has 1 aromatic heterocycles. The number of rotatable bonds is 25. The van der Waals surface area contributed by atoms with Crippen molar-refractivity contribution in [3.05, 3.63) is 126 Å². The van der Waals surface area contributed by atoms with Crippen LogP contribution in [0.3, 0.4) is 0 Å². The van der Waals surface area contributed by atoms with Crippen LogP contribution in [-0.4, -0.2) is 86.4 Å². The highest BCUT2D eigenvalue weighted by molar-refractivity contribution is 8.37. The van der Waals surface area contributed by atoms with Gasteiger partial charge in [0.1, 0.15) is 18.1 Å². The smallest absolute Gasteiger partial charge is 0.243 e. The predicted molar refractivity (Wildman–Crippen MR) is 256 cm³/mol. The molecule has 62 heavy (non-hydrogen) atoms. The van der Waals surface area contributed by atoms with Gasteiger partial charge in [0.05, 0.1) is 24.9 Å². The largest absolute Gasteiger partial charge is 0.390 e. The Labute approximate surface area is 385 Å². The number of primary amides is 1. The lowest BCUT2D eigenvalue weighted by atomic mass is 10.0. The highest BCUT2D eigenvalue weighted by Crippen LogP contribution is 2.18. The van der Waals surface area contributed by atoms with E-state index in [1.807, 2.05) is 112 Å². The van der Waals surface area contributed by atoms with E-state index >= 15 is 0 Å². The quantitative estimate of drug-likeness (QED) is 0.0507. The van der Waals surface area contributed by atoms with Gasteiger partial charge in [-0.25, -0.2) is 4.98 Å². The van der Waals surface area contributed by atoms with Crippen molar-refractivity contribution in [2.45, 2.75) is 88.2 Å². The van der Waals surface area contributed by atoms with Gasteiger partial charge in [0.25, 0.3) is 0 Å². The number of carbonyl (C=O) groups is 5. The van der Waals surface area contributed by atoms with Gasteiger partial charge >= 0.3 is 0 Å². The molecule has 0 aliphatic rings. The van der Waals surface area contributed by atoms with E-state index in [1.165, 1.54) is 18.1 Å². The summed E-state index contributed by atoms with van der Waals surface area (Å²) in [7, 11) is 0.917. The van der Waals surface area contributed by atoms with Crippen molar-refractivity contribution in [2.75, 3.05) is 11.5 Å². The molecule has 5 amide bonds. The summed E-state index contributed by atoms with van der Waals surface area (Å²) in [4.78, 5) is 74.0. The van der Waals surface area contributed by atoms with E-state index in [0.29, 0.717) is 17.2 Å². The predicted octanol–water partition coefficient (Wildman–Crippen LogP) is 3.91. The number of nitrogens with zero attached hydrogens (tertiary/aromatic N) is 1. The molecule has 0 spiro atoms. The average Bonchev–Trinajstić information content (AvgIpc) is 3.77. The molecule has 0 aliphatic heterocycles. The Morgan fingerprint density at radius 3 is 1.73 bits per heavy atom. The van der Waals surface area contributed by atoms with Crippen molar-refractivity contribution in [1.82, 2.24) is 31.2 Å². The molecule has 18 heteroatoms. The lowest BCUT2D eigenvalue weighted by Crippen LogP contribution is -2.56. The van der Waals surface area contributed by atoms with Crippen LogP contribution in [0.25, 0.3) is 0 Å². The van der Waals surface area contributed by atoms with E-state index in [2.05, 4.69) is 53.6 Å². The molecule has 4 aromatic rings. The number of aromatic nitrogens is 2.